The highest BCUT2D eigenvalue weighted by atomic mass is 32.1. The van der Waals surface area contributed by atoms with E-state index in [2.05, 4.69) is 27.2 Å². The second-order valence-electron chi connectivity index (χ2n) is 7.02. The Morgan fingerprint density at radius 3 is 3.21 bits per heavy atom. The van der Waals surface area contributed by atoms with Crippen molar-refractivity contribution in [2.75, 3.05) is 33.3 Å². The van der Waals surface area contributed by atoms with Gasteiger partial charge in [0.1, 0.15) is 10.8 Å². The van der Waals surface area contributed by atoms with Crippen LogP contribution in [0.2, 0.25) is 0 Å². The van der Waals surface area contributed by atoms with Crippen molar-refractivity contribution in [3.63, 3.8) is 0 Å². The van der Waals surface area contributed by atoms with E-state index in [-0.39, 0.29) is 0 Å². The smallest absolute Gasteiger partial charge is 0.117 e. The van der Waals surface area contributed by atoms with Gasteiger partial charge in [-0.05, 0) is 38.1 Å². The number of hydrogen-bond donors (Lipinski definition) is 0. The molecule has 5 nitrogen and oxygen atoms in total. The molecule has 0 amide bonds. The van der Waals surface area contributed by atoms with Crippen LogP contribution in [0.3, 0.4) is 0 Å². The molecular weight excluding hydrogens is 322 g/mol. The monoisotopic (exact) mass is 347 g/mol. The number of ether oxygens (including phenoxy) is 1. The fourth-order valence-corrected chi connectivity index (χ4v) is 4.71. The van der Waals surface area contributed by atoms with Crippen molar-refractivity contribution in [3.8, 4) is 0 Å². The lowest BCUT2D eigenvalue weighted by atomic mass is 9.84. The van der Waals surface area contributed by atoms with Gasteiger partial charge in [-0.3, -0.25) is 9.80 Å². The fourth-order valence-electron chi connectivity index (χ4n) is 4.06. The Morgan fingerprint density at radius 2 is 2.42 bits per heavy atom. The molecule has 2 saturated heterocycles. The molecule has 2 aliphatic rings. The van der Waals surface area contributed by atoms with E-state index in [1.807, 2.05) is 18.3 Å². The lowest BCUT2D eigenvalue weighted by Crippen LogP contribution is -2.43. The van der Waals surface area contributed by atoms with Gasteiger partial charge in [0.05, 0.1) is 32.1 Å². The third-order valence-corrected chi connectivity index (χ3v) is 5.98. The number of thiazole rings is 1. The molecule has 4 rings (SSSR count). The molecule has 0 N–H and O–H groups in total. The van der Waals surface area contributed by atoms with Crippen LogP contribution in [0.4, 0.5) is 0 Å². The van der Waals surface area contributed by atoms with E-state index in [0.717, 1.165) is 45.1 Å². The van der Waals surface area contributed by atoms with Crippen molar-refractivity contribution in [1.29, 1.82) is 0 Å². The molecule has 0 saturated carbocycles. The summed E-state index contributed by atoms with van der Waals surface area (Å²) in [6.07, 6.45) is 5.23. The molecule has 0 radical (unpaired) electrons. The van der Waals surface area contributed by atoms with Gasteiger partial charge in [0.25, 0.3) is 0 Å². The molecule has 6 heteroatoms. The number of likely N-dealkylation sites (N-methyl/N-ethyl adjacent to an activating group) is 1. The molecule has 3 atom stereocenters. The minimum Gasteiger partial charge on any atom is -0.468 e. The maximum absolute atomic E-state index is 6.16. The topological polar surface area (TPSA) is 41.7 Å². The first kappa shape index (κ1) is 16.3. The van der Waals surface area contributed by atoms with Crippen LogP contribution >= 0.6 is 11.3 Å². The molecule has 2 aromatic rings. The van der Waals surface area contributed by atoms with Crippen molar-refractivity contribution in [1.82, 2.24) is 14.8 Å². The van der Waals surface area contributed by atoms with Crippen molar-refractivity contribution >= 4 is 11.3 Å². The number of furan rings is 1. The van der Waals surface area contributed by atoms with E-state index in [9.17, 15) is 0 Å². The predicted molar refractivity (Wildman–Crippen MR) is 93.8 cm³/mol. The summed E-state index contributed by atoms with van der Waals surface area (Å²) < 4.78 is 11.6. The van der Waals surface area contributed by atoms with E-state index in [1.165, 1.54) is 11.4 Å². The van der Waals surface area contributed by atoms with Gasteiger partial charge in [0.2, 0.25) is 0 Å². The maximum Gasteiger partial charge on any atom is 0.117 e. The minimum atomic E-state index is 0.358. The van der Waals surface area contributed by atoms with E-state index in [4.69, 9.17) is 9.15 Å². The van der Waals surface area contributed by atoms with Crippen LogP contribution in [-0.2, 0) is 17.8 Å². The zero-order valence-electron chi connectivity index (χ0n) is 14.1. The van der Waals surface area contributed by atoms with Crippen LogP contribution in [0.15, 0.2) is 34.4 Å². The zero-order valence-corrected chi connectivity index (χ0v) is 15.0. The van der Waals surface area contributed by atoms with Crippen molar-refractivity contribution in [2.24, 2.45) is 11.8 Å². The standard InChI is InChI=1S/C18H25N3O2S/c1-20(10-15-3-2-7-22-15)11-17-16-4-6-21(9-14(16)13-23-17)12-18-19-5-8-24-18/h2-3,5,7-8,14,16-17H,4,6,9-13H2,1H3/t14-,16-,17+/m1/s1. The van der Waals surface area contributed by atoms with E-state index < -0.39 is 0 Å². The molecule has 2 aromatic heterocycles. The van der Waals surface area contributed by atoms with Crippen LogP contribution < -0.4 is 0 Å². The van der Waals surface area contributed by atoms with E-state index in [0.29, 0.717) is 17.9 Å². The highest BCUT2D eigenvalue weighted by molar-refractivity contribution is 7.09. The molecule has 24 heavy (non-hydrogen) atoms. The molecular formula is C18H25N3O2S. The molecule has 0 bridgehead atoms. The number of rotatable bonds is 6. The Morgan fingerprint density at radius 1 is 1.46 bits per heavy atom. The molecule has 0 unspecified atom stereocenters. The molecule has 0 spiro atoms. The number of piperidine rings is 1. The van der Waals surface area contributed by atoms with Gasteiger partial charge in [-0.25, -0.2) is 4.98 Å². The Labute approximate surface area is 147 Å². The van der Waals surface area contributed by atoms with Crippen LogP contribution in [0.5, 0.6) is 0 Å². The maximum atomic E-state index is 6.16. The minimum absolute atomic E-state index is 0.358. The van der Waals surface area contributed by atoms with E-state index in [1.54, 1.807) is 17.6 Å². The third kappa shape index (κ3) is 3.72. The number of hydrogen-bond acceptors (Lipinski definition) is 6. The summed E-state index contributed by atoms with van der Waals surface area (Å²) in [6.45, 7) is 6.02. The van der Waals surface area contributed by atoms with Crippen LogP contribution in [0.25, 0.3) is 0 Å². The van der Waals surface area contributed by atoms with Gasteiger partial charge in [0, 0.05) is 30.6 Å². The molecule has 0 aliphatic carbocycles. The predicted octanol–water partition coefficient (Wildman–Crippen LogP) is 2.71. The number of nitrogens with zero attached hydrogens (tertiary/aromatic N) is 3. The van der Waals surface area contributed by atoms with Gasteiger partial charge in [-0.15, -0.1) is 11.3 Å². The summed E-state index contributed by atoms with van der Waals surface area (Å²) in [4.78, 5) is 9.27. The van der Waals surface area contributed by atoms with Crippen LogP contribution in [0.1, 0.15) is 17.2 Å². The van der Waals surface area contributed by atoms with Crippen LogP contribution in [-0.4, -0.2) is 54.2 Å². The van der Waals surface area contributed by atoms with Crippen molar-refractivity contribution in [2.45, 2.75) is 25.6 Å². The first-order valence-electron chi connectivity index (χ1n) is 8.71. The van der Waals surface area contributed by atoms with Crippen molar-refractivity contribution < 1.29 is 9.15 Å². The molecule has 0 aromatic carbocycles. The average molecular weight is 347 g/mol. The molecule has 4 heterocycles. The summed E-state index contributed by atoms with van der Waals surface area (Å²) in [7, 11) is 2.15. The van der Waals surface area contributed by atoms with Gasteiger partial charge in [-0.2, -0.15) is 0 Å². The Bertz CT molecular complexity index is 616. The van der Waals surface area contributed by atoms with Gasteiger partial charge < -0.3 is 9.15 Å². The Kier molecular flexibility index (Phi) is 4.98. The summed E-state index contributed by atoms with van der Waals surface area (Å²) in [5, 5.41) is 3.29. The van der Waals surface area contributed by atoms with Gasteiger partial charge in [0.15, 0.2) is 0 Å². The Balaban J connectivity index is 1.28. The summed E-state index contributed by atoms with van der Waals surface area (Å²) >= 11 is 1.75. The van der Waals surface area contributed by atoms with Crippen LogP contribution in [0, 0.1) is 11.8 Å². The van der Waals surface area contributed by atoms with Crippen molar-refractivity contribution in [3.05, 3.63) is 40.7 Å². The van der Waals surface area contributed by atoms with Gasteiger partial charge >= 0.3 is 0 Å². The van der Waals surface area contributed by atoms with E-state index >= 15 is 0 Å². The lowest BCUT2D eigenvalue weighted by molar-refractivity contribution is 0.0533. The summed E-state index contributed by atoms with van der Waals surface area (Å²) in [5.74, 6) is 2.38. The second kappa shape index (κ2) is 7.35. The second-order valence-corrected chi connectivity index (χ2v) is 8.00. The Hall–Kier alpha value is -1.21. The number of fused-ring (bicyclic) bond motifs is 1. The molecule has 2 aliphatic heterocycles. The number of likely N-dealkylation sites (tertiary alicyclic amines) is 1. The number of aromatic nitrogens is 1. The average Bonchev–Trinajstić information content (AvgIpc) is 3.30. The molecule has 130 valence electrons. The lowest BCUT2D eigenvalue weighted by Gasteiger charge is -2.35. The summed E-state index contributed by atoms with van der Waals surface area (Å²) in [6, 6.07) is 3.98. The van der Waals surface area contributed by atoms with Gasteiger partial charge in [-0.1, -0.05) is 0 Å². The summed E-state index contributed by atoms with van der Waals surface area (Å²) in [5.41, 5.74) is 0. The quantitative estimate of drug-likeness (QED) is 0.804. The first-order valence-corrected chi connectivity index (χ1v) is 9.59. The largest absolute Gasteiger partial charge is 0.468 e. The molecule has 2 fully saturated rings. The normalized spacial score (nSPS) is 27.7. The highest BCUT2D eigenvalue weighted by Gasteiger charge is 2.41. The fraction of sp³-hybridized carbons (Fsp3) is 0.611. The highest BCUT2D eigenvalue weighted by Crippen LogP contribution is 2.35. The first-order chi connectivity index (χ1) is 11.8. The SMILES string of the molecule is CN(Cc1ccco1)C[C@@H]1OC[C@H]2CN(Cc3nccs3)CC[C@H]21. The zero-order chi connectivity index (χ0) is 16.4. The third-order valence-electron chi connectivity index (χ3n) is 5.22.